The highest BCUT2D eigenvalue weighted by Crippen LogP contribution is 1.86. The maximum absolute atomic E-state index is 10.4. The van der Waals surface area contributed by atoms with Gasteiger partial charge in [-0.05, 0) is 13.8 Å². The minimum absolute atomic E-state index is 0.103. The molecule has 15 heavy (non-hydrogen) atoms. The third kappa shape index (κ3) is 10.3. The van der Waals surface area contributed by atoms with Crippen LogP contribution in [0.3, 0.4) is 0 Å². The summed E-state index contributed by atoms with van der Waals surface area (Å²) in [5.74, 6) is -0.599. The average molecular weight is 208 g/mol. The Balaban J connectivity index is 0.000000280. The number of rotatable bonds is 3. The fourth-order valence-corrected chi connectivity index (χ4v) is 0.800. The summed E-state index contributed by atoms with van der Waals surface area (Å²) < 4.78 is 4.49. The molecule has 0 N–H and O–H groups in total. The first-order valence-corrected chi connectivity index (χ1v) is 4.82. The van der Waals surface area contributed by atoms with Crippen LogP contribution >= 0.6 is 0 Å². The SMILES string of the molecule is CCOC(=O)CC(C)=O.c1ccccc1. The van der Waals surface area contributed by atoms with Crippen molar-refractivity contribution in [1.82, 2.24) is 0 Å². The van der Waals surface area contributed by atoms with Crippen molar-refractivity contribution < 1.29 is 14.3 Å². The molecule has 1 aromatic rings. The first-order valence-electron chi connectivity index (χ1n) is 4.82. The highest BCUT2D eigenvalue weighted by Gasteiger charge is 2.03. The number of ether oxygens (including phenoxy) is 1. The van der Waals surface area contributed by atoms with E-state index in [1.165, 1.54) is 6.92 Å². The Labute approximate surface area is 90.1 Å². The first kappa shape index (κ1) is 13.4. The Morgan fingerprint density at radius 2 is 1.40 bits per heavy atom. The van der Waals surface area contributed by atoms with Crippen LogP contribution in [0.5, 0.6) is 0 Å². The number of esters is 1. The zero-order chi connectivity index (χ0) is 11.5. The van der Waals surface area contributed by atoms with E-state index in [9.17, 15) is 9.59 Å². The summed E-state index contributed by atoms with van der Waals surface area (Å²) in [6.07, 6.45) is -0.103. The largest absolute Gasteiger partial charge is 0.466 e. The van der Waals surface area contributed by atoms with Crippen LogP contribution in [0.15, 0.2) is 36.4 Å². The zero-order valence-corrected chi connectivity index (χ0v) is 9.10. The molecule has 0 saturated heterocycles. The third-order valence-electron chi connectivity index (χ3n) is 1.37. The number of carbonyl (C=O) groups is 2. The molecule has 3 nitrogen and oxygen atoms in total. The number of carbonyl (C=O) groups excluding carboxylic acids is 2. The van der Waals surface area contributed by atoms with Gasteiger partial charge in [-0.15, -0.1) is 0 Å². The minimum Gasteiger partial charge on any atom is -0.466 e. The Morgan fingerprint density at radius 1 is 1.00 bits per heavy atom. The van der Waals surface area contributed by atoms with Gasteiger partial charge in [-0.1, -0.05) is 36.4 Å². The van der Waals surface area contributed by atoms with E-state index in [4.69, 9.17) is 0 Å². The second-order valence-corrected chi connectivity index (χ2v) is 2.84. The first-order chi connectivity index (χ1) is 7.16. The topological polar surface area (TPSA) is 43.4 Å². The molecule has 0 spiro atoms. The van der Waals surface area contributed by atoms with Crippen molar-refractivity contribution in [2.45, 2.75) is 20.3 Å². The van der Waals surface area contributed by atoms with Crippen molar-refractivity contribution in [2.24, 2.45) is 0 Å². The molecule has 0 fully saturated rings. The van der Waals surface area contributed by atoms with E-state index in [1.807, 2.05) is 36.4 Å². The lowest BCUT2D eigenvalue weighted by Gasteiger charge is -1.96. The van der Waals surface area contributed by atoms with Gasteiger partial charge in [0, 0.05) is 0 Å². The predicted octanol–water partition coefficient (Wildman–Crippen LogP) is 2.22. The van der Waals surface area contributed by atoms with Gasteiger partial charge in [-0.25, -0.2) is 0 Å². The summed E-state index contributed by atoms with van der Waals surface area (Å²) in [7, 11) is 0. The Kier molecular flexibility index (Phi) is 7.96. The van der Waals surface area contributed by atoms with Crippen molar-refractivity contribution in [3.63, 3.8) is 0 Å². The van der Waals surface area contributed by atoms with Gasteiger partial charge in [0.05, 0.1) is 6.61 Å². The molecular formula is C12H16O3. The van der Waals surface area contributed by atoms with Gasteiger partial charge in [0.2, 0.25) is 0 Å². The maximum atomic E-state index is 10.4. The molecule has 1 rings (SSSR count). The highest BCUT2D eigenvalue weighted by molar-refractivity contribution is 5.94. The van der Waals surface area contributed by atoms with Crippen molar-refractivity contribution in [1.29, 1.82) is 0 Å². The van der Waals surface area contributed by atoms with E-state index in [0.717, 1.165) is 0 Å². The number of benzene rings is 1. The minimum atomic E-state index is -0.440. The van der Waals surface area contributed by atoms with Gasteiger partial charge in [0.1, 0.15) is 12.2 Å². The summed E-state index contributed by atoms with van der Waals surface area (Å²) in [5, 5.41) is 0. The van der Waals surface area contributed by atoms with Gasteiger partial charge >= 0.3 is 5.97 Å². The van der Waals surface area contributed by atoms with Crippen LogP contribution in [-0.4, -0.2) is 18.4 Å². The Bertz CT molecular complexity index is 253. The van der Waals surface area contributed by atoms with Gasteiger partial charge in [0.15, 0.2) is 0 Å². The molecule has 82 valence electrons. The summed E-state index contributed by atoms with van der Waals surface area (Å²) in [5.41, 5.74) is 0. The molecule has 0 atom stereocenters. The summed E-state index contributed by atoms with van der Waals surface area (Å²) in [6, 6.07) is 12.0. The number of hydrogen-bond donors (Lipinski definition) is 0. The molecule has 0 aliphatic rings. The second kappa shape index (κ2) is 8.94. The van der Waals surface area contributed by atoms with Crippen molar-refractivity contribution in [3.8, 4) is 0 Å². The van der Waals surface area contributed by atoms with Gasteiger partial charge in [-0.3, -0.25) is 9.59 Å². The Morgan fingerprint density at radius 3 is 1.67 bits per heavy atom. The van der Waals surface area contributed by atoms with Crippen LogP contribution in [0.2, 0.25) is 0 Å². The van der Waals surface area contributed by atoms with Crippen LogP contribution in [0.25, 0.3) is 0 Å². The van der Waals surface area contributed by atoms with E-state index >= 15 is 0 Å². The van der Waals surface area contributed by atoms with Crippen molar-refractivity contribution in [3.05, 3.63) is 36.4 Å². The van der Waals surface area contributed by atoms with Crippen LogP contribution in [0, 0.1) is 0 Å². The van der Waals surface area contributed by atoms with Gasteiger partial charge < -0.3 is 4.74 Å². The van der Waals surface area contributed by atoms with Gasteiger partial charge in [0.25, 0.3) is 0 Å². The van der Waals surface area contributed by atoms with Crippen molar-refractivity contribution in [2.75, 3.05) is 6.61 Å². The quantitative estimate of drug-likeness (QED) is 0.565. The van der Waals surface area contributed by atoms with E-state index in [2.05, 4.69) is 4.74 Å². The molecule has 1 aromatic carbocycles. The number of hydrogen-bond acceptors (Lipinski definition) is 3. The molecule has 0 aliphatic heterocycles. The molecule has 3 heteroatoms. The molecule has 0 radical (unpaired) electrons. The zero-order valence-electron chi connectivity index (χ0n) is 9.10. The predicted molar refractivity (Wildman–Crippen MR) is 58.4 cm³/mol. The number of ketones is 1. The highest BCUT2D eigenvalue weighted by atomic mass is 16.5. The van der Waals surface area contributed by atoms with Crippen molar-refractivity contribution >= 4 is 11.8 Å². The van der Waals surface area contributed by atoms with Crippen LogP contribution < -0.4 is 0 Å². The summed E-state index contributed by atoms with van der Waals surface area (Å²) in [4.78, 5) is 20.6. The lowest BCUT2D eigenvalue weighted by atomic mass is 10.3. The molecule has 0 unspecified atom stereocenters. The van der Waals surface area contributed by atoms with Crippen LogP contribution in [0.1, 0.15) is 20.3 Å². The Hall–Kier alpha value is -1.64. The number of Topliss-reactive ketones (excluding diaryl/α,β-unsaturated/α-hetero) is 1. The standard InChI is InChI=1S/C6H10O3.C6H6/c1-3-9-6(8)4-5(2)7;1-2-4-6-5-3-1/h3-4H2,1-2H3;1-6H. The van der Waals surface area contributed by atoms with E-state index in [-0.39, 0.29) is 12.2 Å². The fourth-order valence-electron chi connectivity index (χ4n) is 0.800. The van der Waals surface area contributed by atoms with E-state index in [1.54, 1.807) is 6.92 Å². The molecular weight excluding hydrogens is 192 g/mol. The lowest BCUT2D eigenvalue weighted by molar-refractivity contribution is -0.145. The normalized spacial score (nSPS) is 8.40. The average Bonchev–Trinajstić information content (AvgIpc) is 2.20. The van der Waals surface area contributed by atoms with E-state index in [0.29, 0.717) is 6.61 Å². The third-order valence-corrected chi connectivity index (χ3v) is 1.37. The fraction of sp³-hybridized carbons (Fsp3) is 0.333. The molecule has 0 aromatic heterocycles. The van der Waals surface area contributed by atoms with Gasteiger partial charge in [-0.2, -0.15) is 0 Å². The summed E-state index contributed by atoms with van der Waals surface area (Å²) >= 11 is 0. The molecule has 0 heterocycles. The maximum Gasteiger partial charge on any atom is 0.313 e. The van der Waals surface area contributed by atoms with E-state index < -0.39 is 5.97 Å². The molecule has 0 bridgehead atoms. The smallest absolute Gasteiger partial charge is 0.313 e. The van der Waals surface area contributed by atoms with Crippen LogP contribution in [0.4, 0.5) is 0 Å². The lowest BCUT2D eigenvalue weighted by Crippen LogP contribution is -2.07. The second-order valence-electron chi connectivity index (χ2n) is 2.84. The summed E-state index contributed by atoms with van der Waals surface area (Å²) in [6.45, 7) is 3.40. The molecule has 0 amide bonds. The monoisotopic (exact) mass is 208 g/mol. The molecule has 0 aliphatic carbocycles. The molecule has 0 saturated carbocycles. The van der Waals surface area contributed by atoms with Crippen LogP contribution in [-0.2, 0) is 14.3 Å².